The van der Waals surface area contributed by atoms with E-state index < -0.39 is 6.61 Å². The number of pyridine rings is 1. The molecule has 8 heteroatoms. The maximum absolute atomic E-state index is 12.1. The van der Waals surface area contributed by atoms with Crippen LogP contribution in [-0.2, 0) is 11.3 Å². The largest absolute Gasteiger partial charge is 0.481 e. The minimum Gasteiger partial charge on any atom is -0.481 e. The van der Waals surface area contributed by atoms with Gasteiger partial charge in [0.25, 0.3) is 5.91 Å². The molecule has 0 bridgehead atoms. The van der Waals surface area contributed by atoms with Crippen molar-refractivity contribution in [1.82, 2.24) is 9.88 Å². The fourth-order valence-corrected chi connectivity index (χ4v) is 2.04. The minimum absolute atomic E-state index is 0.0669. The van der Waals surface area contributed by atoms with E-state index in [2.05, 4.69) is 9.72 Å². The molecule has 0 atom stereocenters. The Labute approximate surface area is 142 Å². The van der Waals surface area contributed by atoms with E-state index in [1.54, 1.807) is 31.3 Å². The van der Waals surface area contributed by atoms with Gasteiger partial charge in [0, 0.05) is 19.8 Å². The minimum atomic E-state index is -2.86. The smallest absolute Gasteiger partial charge is 0.387 e. The second-order valence-corrected chi connectivity index (χ2v) is 5.21. The van der Waals surface area contributed by atoms with Crippen molar-refractivity contribution in [3.63, 3.8) is 0 Å². The SMILES string of the molecule is CN(Cc1ccc(OC(F)F)cc1)C(=O)COc1cccnc1Cl. The molecule has 1 amide bonds. The molecule has 0 saturated carbocycles. The lowest BCUT2D eigenvalue weighted by Crippen LogP contribution is -2.31. The number of amides is 1. The zero-order valence-electron chi connectivity index (χ0n) is 12.8. The summed E-state index contributed by atoms with van der Waals surface area (Å²) in [5, 5.41) is 0.183. The van der Waals surface area contributed by atoms with Gasteiger partial charge in [-0.05, 0) is 29.8 Å². The number of halogens is 3. The third-order valence-corrected chi connectivity index (χ3v) is 3.35. The highest BCUT2D eigenvalue weighted by Gasteiger charge is 2.12. The van der Waals surface area contributed by atoms with Gasteiger partial charge in [-0.1, -0.05) is 23.7 Å². The first-order valence-electron chi connectivity index (χ1n) is 6.96. The van der Waals surface area contributed by atoms with Crippen molar-refractivity contribution in [2.75, 3.05) is 13.7 Å². The molecule has 1 aromatic heterocycles. The van der Waals surface area contributed by atoms with Crippen LogP contribution >= 0.6 is 11.6 Å². The average Bonchev–Trinajstić information content (AvgIpc) is 2.55. The van der Waals surface area contributed by atoms with Crippen LogP contribution in [0.15, 0.2) is 42.6 Å². The lowest BCUT2D eigenvalue weighted by Gasteiger charge is -2.18. The Balaban J connectivity index is 1.86. The average molecular weight is 357 g/mol. The van der Waals surface area contributed by atoms with Gasteiger partial charge in [-0.3, -0.25) is 4.79 Å². The molecule has 0 spiro atoms. The van der Waals surface area contributed by atoms with Gasteiger partial charge in [-0.2, -0.15) is 8.78 Å². The predicted octanol–water partition coefficient (Wildman–Crippen LogP) is 3.37. The number of nitrogens with zero attached hydrogens (tertiary/aromatic N) is 2. The normalized spacial score (nSPS) is 10.5. The Morgan fingerprint density at radius 3 is 2.62 bits per heavy atom. The van der Waals surface area contributed by atoms with Crippen LogP contribution < -0.4 is 9.47 Å². The van der Waals surface area contributed by atoms with Crippen molar-refractivity contribution in [3.05, 3.63) is 53.3 Å². The first kappa shape index (κ1) is 17.9. The van der Waals surface area contributed by atoms with Crippen LogP contribution in [0.4, 0.5) is 8.78 Å². The second-order valence-electron chi connectivity index (χ2n) is 4.85. The molecule has 1 aromatic carbocycles. The molecule has 2 rings (SSSR count). The Morgan fingerprint density at radius 2 is 2.00 bits per heavy atom. The Bertz CT molecular complexity index is 683. The maximum Gasteiger partial charge on any atom is 0.387 e. The van der Waals surface area contributed by atoms with Crippen LogP contribution in [0.5, 0.6) is 11.5 Å². The number of likely N-dealkylation sites (N-methyl/N-ethyl adjacent to an activating group) is 1. The number of alkyl halides is 2. The third kappa shape index (κ3) is 5.34. The highest BCUT2D eigenvalue weighted by molar-refractivity contribution is 6.30. The van der Waals surface area contributed by atoms with E-state index >= 15 is 0 Å². The van der Waals surface area contributed by atoms with Crippen LogP contribution in [0.25, 0.3) is 0 Å². The quantitative estimate of drug-likeness (QED) is 0.714. The first-order valence-corrected chi connectivity index (χ1v) is 7.34. The number of hydrogen-bond acceptors (Lipinski definition) is 4. The molecule has 1 heterocycles. The number of ether oxygens (including phenoxy) is 2. The van der Waals surface area contributed by atoms with E-state index in [9.17, 15) is 13.6 Å². The zero-order valence-corrected chi connectivity index (χ0v) is 13.5. The summed E-state index contributed by atoms with van der Waals surface area (Å²) < 4.78 is 33.8. The van der Waals surface area contributed by atoms with Gasteiger partial charge in [0.15, 0.2) is 17.5 Å². The monoisotopic (exact) mass is 356 g/mol. The third-order valence-electron chi connectivity index (χ3n) is 3.07. The fourth-order valence-electron chi connectivity index (χ4n) is 1.87. The van der Waals surface area contributed by atoms with Crippen molar-refractivity contribution < 1.29 is 23.0 Å². The van der Waals surface area contributed by atoms with E-state index in [4.69, 9.17) is 16.3 Å². The summed E-state index contributed by atoms with van der Waals surface area (Å²) in [4.78, 5) is 17.4. The predicted molar refractivity (Wildman–Crippen MR) is 84.3 cm³/mol. The number of carbonyl (C=O) groups is 1. The van der Waals surface area contributed by atoms with Gasteiger partial charge < -0.3 is 14.4 Å². The van der Waals surface area contributed by atoms with Gasteiger partial charge in [0.05, 0.1) is 0 Å². The van der Waals surface area contributed by atoms with Crippen molar-refractivity contribution >= 4 is 17.5 Å². The molecule has 0 aliphatic heterocycles. The van der Waals surface area contributed by atoms with Crippen LogP contribution in [0.2, 0.25) is 5.15 Å². The van der Waals surface area contributed by atoms with E-state index in [0.29, 0.717) is 12.3 Å². The number of rotatable bonds is 7. The number of hydrogen-bond donors (Lipinski definition) is 0. The highest BCUT2D eigenvalue weighted by Crippen LogP contribution is 2.20. The highest BCUT2D eigenvalue weighted by atomic mass is 35.5. The van der Waals surface area contributed by atoms with E-state index in [-0.39, 0.29) is 23.4 Å². The maximum atomic E-state index is 12.1. The van der Waals surface area contributed by atoms with E-state index in [1.807, 2.05) is 0 Å². The van der Waals surface area contributed by atoms with E-state index in [0.717, 1.165) is 5.56 Å². The summed E-state index contributed by atoms with van der Waals surface area (Å²) in [5.74, 6) is 0.134. The summed E-state index contributed by atoms with van der Waals surface area (Å²) in [6.07, 6.45) is 1.52. The molecule has 0 aliphatic carbocycles. The molecule has 0 saturated heterocycles. The van der Waals surface area contributed by atoms with Crippen LogP contribution in [0, 0.1) is 0 Å². The molecule has 128 valence electrons. The molecular formula is C16H15ClF2N2O3. The number of carbonyl (C=O) groups excluding carboxylic acids is 1. The van der Waals surface area contributed by atoms with Crippen LogP contribution in [0.1, 0.15) is 5.56 Å². The van der Waals surface area contributed by atoms with Crippen molar-refractivity contribution in [2.45, 2.75) is 13.2 Å². The molecular weight excluding hydrogens is 342 g/mol. The Morgan fingerprint density at radius 1 is 1.29 bits per heavy atom. The summed E-state index contributed by atoms with van der Waals surface area (Å²) >= 11 is 5.84. The molecule has 0 fully saturated rings. The Kier molecular flexibility index (Phi) is 6.31. The molecule has 2 aromatic rings. The second kappa shape index (κ2) is 8.44. The van der Waals surface area contributed by atoms with Gasteiger partial charge in [-0.25, -0.2) is 4.98 Å². The van der Waals surface area contributed by atoms with Crippen molar-refractivity contribution in [3.8, 4) is 11.5 Å². The number of benzene rings is 1. The zero-order chi connectivity index (χ0) is 17.5. The molecule has 5 nitrogen and oxygen atoms in total. The van der Waals surface area contributed by atoms with Crippen LogP contribution in [-0.4, -0.2) is 36.1 Å². The van der Waals surface area contributed by atoms with Crippen molar-refractivity contribution in [2.24, 2.45) is 0 Å². The fraction of sp³-hybridized carbons (Fsp3) is 0.250. The van der Waals surface area contributed by atoms with E-state index in [1.165, 1.54) is 23.2 Å². The van der Waals surface area contributed by atoms with Gasteiger partial charge in [0.2, 0.25) is 0 Å². The van der Waals surface area contributed by atoms with Gasteiger partial charge in [-0.15, -0.1) is 0 Å². The van der Waals surface area contributed by atoms with Crippen molar-refractivity contribution in [1.29, 1.82) is 0 Å². The molecule has 0 N–H and O–H groups in total. The lowest BCUT2D eigenvalue weighted by molar-refractivity contribution is -0.132. The molecule has 0 radical (unpaired) electrons. The van der Waals surface area contributed by atoms with Gasteiger partial charge in [0.1, 0.15) is 5.75 Å². The lowest BCUT2D eigenvalue weighted by atomic mass is 10.2. The summed E-state index contributed by atoms with van der Waals surface area (Å²) in [6.45, 7) is -2.75. The molecule has 24 heavy (non-hydrogen) atoms. The summed E-state index contributed by atoms with van der Waals surface area (Å²) in [6, 6.07) is 9.33. The summed E-state index contributed by atoms with van der Waals surface area (Å²) in [7, 11) is 1.61. The Hall–Kier alpha value is -2.41. The molecule has 0 unspecified atom stereocenters. The molecule has 0 aliphatic rings. The number of aromatic nitrogens is 1. The topological polar surface area (TPSA) is 51.7 Å². The standard InChI is InChI=1S/C16H15ClF2N2O3/c1-21(9-11-4-6-12(7-5-11)24-16(18)19)14(22)10-23-13-3-2-8-20-15(13)17/h2-8,16H,9-10H2,1H3. The summed E-state index contributed by atoms with van der Waals surface area (Å²) in [5.41, 5.74) is 0.770. The van der Waals surface area contributed by atoms with Gasteiger partial charge >= 0.3 is 6.61 Å². The van der Waals surface area contributed by atoms with Crippen LogP contribution in [0.3, 0.4) is 0 Å². The first-order chi connectivity index (χ1) is 11.5.